The molecule has 1 atom stereocenters. The maximum absolute atomic E-state index is 11.4. The number of carbonyl (C=O) groups excluding carboxylic acids is 1. The van der Waals surface area contributed by atoms with Gasteiger partial charge in [0.25, 0.3) is 0 Å². The fraction of sp³-hybridized carbons (Fsp3) is 0.562. The van der Waals surface area contributed by atoms with E-state index in [1.807, 2.05) is 25.1 Å². The number of hydrogen-bond acceptors (Lipinski definition) is 4. The Morgan fingerprint density at radius 3 is 2.71 bits per heavy atom. The Hall–Kier alpha value is -1.75. The lowest BCUT2D eigenvalue weighted by Gasteiger charge is -2.14. The van der Waals surface area contributed by atoms with Crippen molar-refractivity contribution in [2.24, 2.45) is 5.73 Å². The summed E-state index contributed by atoms with van der Waals surface area (Å²) >= 11 is 0. The van der Waals surface area contributed by atoms with Gasteiger partial charge in [-0.1, -0.05) is 13.0 Å². The third-order valence-electron chi connectivity index (χ3n) is 3.21. The summed E-state index contributed by atoms with van der Waals surface area (Å²) in [6, 6.07) is 5.94. The molecule has 0 saturated heterocycles. The Labute approximate surface area is 126 Å². The van der Waals surface area contributed by atoms with Crippen LogP contribution in [-0.2, 0) is 11.2 Å². The molecule has 0 fully saturated rings. The number of hydrogen-bond donors (Lipinski definition) is 2. The first-order chi connectivity index (χ1) is 10.1. The van der Waals surface area contributed by atoms with Gasteiger partial charge in [0.2, 0.25) is 5.91 Å². The maximum Gasteiger partial charge on any atom is 0.223 e. The van der Waals surface area contributed by atoms with Gasteiger partial charge < -0.3 is 20.5 Å². The molecule has 0 heterocycles. The van der Waals surface area contributed by atoms with Gasteiger partial charge in [-0.05, 0) is 37.5 Å². The summed E-state index contributed by atoms with van der Waals surface area (Å²) in [6.07, 6.45) is 2.06. The minimum atomic E-state index is -0.0133. The van der Waals surface area contributed by atoms with Crippen LogP contribution in [-0.4, -0.2) is 32.2 Å². The van der Waals surface area contributed by atoms with E-state index in [4.69, 9.17) is 15.2 Å². The highest BCUT2D eigenvalue weighted by atomic mass is 16.5. The van der Waals surface area contributed by atoms with E-state index in [1.165, 1.54) is 0 Å². The largest absolute Gasteiger partial charge is 0.493 e. The minimum Gasteiger partial charge on any atom is -0.493 e. The van der Waals surface area contributed by atoms with Crippen LogP contribution in [0.5, 0.6) is 11.5 Å². The van der Waals surface area contributed by atoms with E-state index >= 15 is 0 Å². The van der Waals surface area contributed by atoms with Crippen LogP contribution in [0.2, 0.25) is 0 Å². The van der Waals surface area contributed by atoms with Gasteiger partial charge in [-0.15, -0.1) is 0 Å². The molecule has 21 heavy (non-hydrogen) atoms. The van der Waals surface area contributed by atoms with Crippen LogP contribution in [0.4, 0.5) is 0 Å². The number of benzene rings is 1. The van der Waals surface area contributed by atoms with Crippen molar-refractivity contribution in [3.63, 3.8) is 0 Å². The molecule has 1 rings (SSSR count). The summed E-state index contributed by atoms with van der Waals surface area (Å²) < 4.78 is 11.0. The molecule has 0 saturated carbocycles. The zero-order valence-electron chi connectivity index (χ0n) is 13.1. The lowest BCUT2D eigenvalue weighted by atomic mass is 10.0. The Morgan fingerprint density at radius 1 is 1.33 bits per heavy atom. The zero-order valence-corrected chi connectivity index (χ0v) is 13.1. The molecule has 1 unspecified atom stereocenters. The fourth-order valence-corrected chi connectivity index (χ4v) is 1.95. The number of carbonyl (C=O) groups is 1. The molecule has 0 spiro atoms. The lowest BCUT2D eigenvalue weighted by Crippen LogP contribution is -2.24. The third kappa shape index (κ3) is 6.04. The number of ether oxygens (including phenoxy) is 2. The molecule has 0 aliphatic rings. The van der Waals surface area contributed by atoms with Gasteiger partial charge in [-0.2, -0.15) is 0 Å². The van der Waals surface area contributed by atoms with Crippen LogP contribution in [0.15, 0.2) is 18.2 Å². The van der Waals surface area contributed by atoms with Crippen molar-refractivity contribution in [2.45, 2.75) is 39.2 Å². The molecule has 0 bridgehead atoms. The lowest BCUT2D eigenvalue weighted by molar-refractivity contribution is -0.121. The highest BCUT2D eigenvalue weighted by molar-refractivity contribution is 5.75. The second-order valence-electron chi connectivity index (χ2n) is 4.91. The van der Waals surface area contributed by atoms with Crippen molar-refractivity contribution in [3.05, 3.63) is 23.8 Å². The number of amides is 1. The first-order valence-electron chi connectivity index (χ1n) is 7.42. The van der Waals surface area contributed by atoms with E-state index in [1.54, 1.807) is 7.11 Å². The predicted molar refractivity (Wildman–Crippen MR) is 83.8 cm³/mol. The predicted octanol–water partition coefficient (Wildman–Crippen LogP) is 1.88. The molecule has 0 aromatic heterocycles. The fourth-order valence-electron chi connectivity index (χ4n) is 1.95. The average molecular weight is 294 g/mol. The zero-order chi connectivity index (χ0) is 15.7. The second-order valence-corrected chi connectivity index (χ2v) is 4.91. The van der Waals surface area contributed by atoms with E-state index in [0.717, 1.165) is 18.4 Å². The third-order valence-corrected chi connectivity index (χ3v) is 3.21. The van der Waals surface area contributed by atoms with Crippen molar-refractivity contribution < 1.29 is 14.3 Å². The minimum absolute atomic E-state index is 0.0133. The molecule has 1 aromatic rings. The molecule has 1 aromatic carbocycles. The highest BCUT2D eigenvalue weighted by Crippen LogP contribution is 2.28. The number of methoxy groups -OCH3 is 1. The molecule has 1 amide bonds. The first-order valence-corrected chi connectivity index (χ1v) is 7.42. The van der Waals surface area contributed by atoms with Crippen LogP contribution in [0.25, 0.3) is 0 Å². The van der Waals surface area contributed by atoms with Crippen molar-refractivity contribution >= 4 is 5.91 Å². The van der Waals surface area contributed by atoms with Gasteiger partial charge in [-0.3, -0.25) is 4.79 Å². The molecule has 0 radical (unpaired) electrons. The first kappa shape index (κ1) is 17.3. The van der Waals surface area contributed by atoms with Gasteiger partial charge in [-0.25, -0.2) is 0 Å². The van der Waals surface area contributed by atoms with E-state index < -0.39 is 0 Å². The van der Waals surface area contributed by atoms with Crippen molar-refractivity contribution in [2.75, 3.05) is 20.3 Å². The van der Waals surface area contributed by atoms with E-state index in [2.05, 4.69) is 12.2 Å². The molecular formula is C16H26N2O3. The number of rotatable bonds is 9. The van der Waals surface area contributed by atoms with Gasteiger partial charge in [0.1, 0.15) is 0 Å². The molecular weight excluding hydrogens is 268 g/mol. The number of nitrogens with two attached hydrogens (primary N) is 1. The van der Waals surface area contributed by atoms with E-state index in [9.17, 15) is 4.79 Å². The van der Waals surface area contributed by atoms with Gasteiger partial charge in [0.15, 0.2) is 11.5 Å². The van der Waals surface area contributed by atoms with Gasteiger partial charge >= 0.3 is 0 Å². The quantitative estimate of drug-likeness (QED) is 0.729. The van der Waals surface area contributed by atoms with E-state index in [0.29, 0.717) is 31.1 Å². The van der Waals surface area contributed by atoms with Crippen molar-refractivity contribution in [3.8, 4) is 11.5 Å². The highest BCUT2D eigenvalue weighted by Gasteiger charge is 2.09. The molecule has 5 heteroatoms. The summed E-state index contributed by atoms with van der Waals surface area (Å²) in [5.41, 5.74) is 7.08. The van der Waals surface area contributed by atoms with Gasteiger partial charge in [0.05, 0.1) is 20.1 Å². The normalized spacial score (nSPS) is 11.8. The summed E-state index contributed by atoms with van der Waals surface area (Å²) in [4.78, 5) is 11.4. The SMILES string of the molecule is CCNC(=O)CCOc1cc(CC(N)CC)ccc1OC. The molecule has 0 aliphatic heterocycles. The summed E-state index contributed by atoms with van der Waals surface area (Å²) in [6.45, 7) is 4.91. The molecule has 3 N–H and O–H groups in total. The van der Waals surface area contributed by atoms with Crippen molar-refractivity contribution in [1.29, 1.82) is 0 Å². The van der Waals surface area contributed by atoms with Gasteiger partial charge in [0, 0.05) is 12.6 Å². The Kier molecular flexibility index (Phi) is 7.61. The Morgan fingerprint density at radius 2 is 2.10 bits per heavy atom. The van der Waals surface area contributed by atoms with Crippen LogP contribution in [0.1, 0.15) is 32.3 Å². The number of nitrogens with one attached hydrogen (secondary N) is 1. The van der Waals surface area contributed by atoms with Crippen LogP contribution in [0, 0.1) is 0 Å². The molecule has 0 aliphatic carbocycles. The van der Waals surface area contributed by atoms with Crippen molar-refractivity contribution in [1.82, 2.24) is 5.32 Å². The molecule has 118 valence electrons. The topological polar surface area (TPSA) is 73.6 Å². The summed E-state index contributed by atoms with van der Waals surface area (Å²) in [7, 11) is 1.60. The van der Waals surface area contributed by atoms with E-state index in [-0.39, 0.29) is 11.9 Å². The van der Waals surface area contributed by atoms with Crippen LogP contribution in [0.3, 0.4) is 0 Å². The Balaban J connectivity index is 2.65. The molecule has 5 nitrogen and oxygen atoms in total. The standard InChI is InChI=1S/C16H26N2O3/c1-4-13(17)10-12-6-7-14(20-3)15(11-12)21-9-8-16(19)18-5-2/h6-7,11,13H,4-5,8-10,17H2,1-3H3,(H,18,19). The van der Waals surface area contributed by atoms with Crippen LogP contribution >= 0.6 is 0 Å². The maximum atomic E-state index is 11.4. The Bertz CT molecular complexity index is 449. The smallest absolute Gasteiger partial charge is 0.223 e. The summed E-state index contributed by atoms with van der Waals surface area (Å²) in [5.74, 6) is 1.31. The summed E-state index contributed by atoms with van der Waals surface area (Å²) in [5, 5.41) is 2.74. The second kappa shape index (κ2) is 9.23. The monoisotopic (exact) mass is 294 g/mol. The average Bonchev–Trinajstić information content (AvgIpc) is 2.47. The van der Waals surface area contributed by atoms with Crippen LogP contribution < -0.4 is 20.5 Å².